The molecule has 0 aliphatic carbocycles. The Morgan fingerprint density at radius 1 is 1.12 bits per heavy atom. The highest BCUT2D eigenvalue weighted by Crippen LogP contribution is 2.35. The van der Waals surface area contributed by atoms with Gasteiger partial charge in [-0.2, -0.15) is 13.2 Å². The summed E-state index contributed by atoms with van der Waals surface area (Å²) in [5.74, 6) is -3.17. The SMILES string of the molecule is CCOC(=O)C1=C(C)N(c2ccc(C)cc2)C(=O)CC1C(=O)Nc1cccc(C(F)(F)F)c1. The summed E-state index contributed by atoms with van der Waals surface area (Å²) in [5, 5.41) is 2.40. The lowest BCUT2D eigenvalue weighted by Crippen LogP contribution is -2.43. The molecule has 2 amide bonds. The Morgan fingerprint density at radius 2 is 1.79 bits per heavy atom. The van der Waals surface area contributed by atoms with Gasteiger partial charge >= 0.3 is 12.1 Å². The lowest BCUT2D eigenvalue weighted by molar-refractivity contribution is -0.141. The zero-order valence-corrected chi connectivity index (χ0v) is 18.3. The van der Waals surface area contributed by atoms with E-state index in [1.54, 1.807) is 19.1 Å². The van der Waals surface area contributed by atoms with Crippen LogP contribution in [0.5, 0.6) is 0 Å². The Bertz CT molecular complexity index is 1110. The van der Waals surface area contributed by atoms with Crippen molar-refractivity contribution in [1.82, 2.24) is 0 Å². The first kappa shape index (κ1) is 24.0. The number of halogens is 3. The van der Waals surface area contributed by atoms with Gasteiger partial charge in [0.2, 0.25) is 11.8 Å². The lowest BCUT2D eigenvalue weighted by atomic mass is 9.88. The molecule has 0 saturated heterocycles. The number of hydrogen-bond acceptors (Lipinski definition) is 4. The number of hydrogen-bond donors (Lipinski definition) is 1. The van der Waals surface area contributed by atoms with Crippen LogP contribution in [0.25, 0.3) is 0 Å². The topological polar surface area (TPSA) is 75.7 Å². The summed E-state index contributed by atoms with van der Waals surface area (Å²) < 4.78 is 44.2. The van der Waals surface area contributed by atoms with Gasteiger partial charge in [-0.1, -0.05) is 23.8 Å². The van der Waals surface area contributed by atoms with Crippen molar-refractivity contribution in [3.8, 4) is 0 Å². The number of allylic oxidation sites excluding steroid dienone is 1. The molecule has 0 radical (unpaired) electrons. The van der Waals surface area contributed by atoms with E-state index in [2.05, 4.69) is 5.32 Å². The standard InChI is InChI=1S/C24H23F3N2O4/c1-4-33-23(32)21-15(3)29(18-10-8-14(2)9-11-18)20(30)13-19(21)22(31)28-17-7-5-6-16(12-17)24(25,26)27/h5-12,19H,4,13H2,1-3H3,(H,28,31). The molecule has 1 N–H and O–H groups in total. The molecular formula is C24H23F3N2O4. The van der Waals surface area contributed by atoms with Gasteiger partial charge in [-0.05, 0) is 51.1 Å². The first-order valence-electron chi connectivity index (χ1n) is 10.3. The van der Waals surface area contributed by atoms with Crippen LogP contribution < -0.4 is 10.2 Å². The van der Waals surface area contributed by atoms with Crippen LogP contribution in [-0.2, 0) is 25.3 Å². The molecule has 1 atom stereocenters. The van der Waals surface area contributed by atoms with E-state index in [0.29, 0.717) is 5.69 Å². The van der Waals surface area contributed by atoms with Crippen molar-refractivity contribution in [1.29, 1.82) is 0 Å². The highest BCUT2D eigenvalue weighted by molar-refractivity contribution is 6.10. The molecule has 33 heavy (non-hydrogen) atoms. The second-order valence-corrected chi connectivity index (χ2v) is 7.61. The predicted octanol–water partition coefficient (Wildman–Crippen LogP) is 4.84. The number of alkyl halides is 3. The number of benzene rings is 2. The number of amides is 2. The molecule has 1 aliphatic heterocycles. The molecule has 0 fully saturated rings. The summed E-state index contributed by atoms with van der Waals surface area (Å²) in [4.78, 5) is 40.1. The highest BCUT2D eigenvalue weighted by Gasteiger charge is 2.40. The van der Waals surface area contributed by atoms with E-state index in [1.807, 2.05) is 19.1 Å². The summed E-state index contributed by atoms with van der Waals surface area (Å²) in [7, 11) is 0. The van der Waals surface area contributed by atoms with Gasteiger partial charge < -0.3 is 10.1 Å². The molecule has 1 unspecified atom stereocenters. The number of nitrogens with zero attached hydrogens (tertiary/aromatic N) is 1. The molecular weight excluding hydrogens is 437 g/mol. The third kappa shape index (κ3) is 5.24. The van der Waals surface area contributed by atoms with Gasteiger partial charge in [0, 0.05) is 23.5 Å². The van der Waals surface area contributed by atoms with Crippen molar-refractivity contribution < 1.29 is 32.3 Å². The van der Waals surface area contributed by atoms with Crippen LogP contribution in [-0.4, -0.2) is 24.4 Å². The predicted molar refractivity (Wildman–Crippen MR) is 116 cm³/mol. The fourth-order valence-electron chi connectivity index (χ4n) is 3.68. The van der Waals surface area contributed by atoms with Gasteiger partial charge in [0.1, 0.15) is 0 Å². The fourth-order valence-corrected chi connectivity index (χ4v) is 3.68. The van der Waals surface area contributed by atoms with Crippen LogP contribution in [0.4, 0.5) is 24.5 Å². The van der Waals surface area contributed by atoms with Gasteiger partial charge in [0.25, 0.3) is 0 Å². The van der Waals surface area contributed by atoms with Crippen molar-refractivity contribution in [2.24, 2.45) is 5.92 Å². The van der Waals surface area contributed by atoms with Crippen LogP contribution >= 0.6 is 0 Å². The second kappa shape index (κ2) is 9.48. The minimum Gasteiger partial charge on any atom is -0.463 e. The zero-order valence-electron chi connectivity index (χ0n) is 18.3. The van der Waals surface area contributed by atoms with Crippen molar-refractivity contribution in [2.75, 3.05) is 16.8 Å². The number of carbonyl (C=O) groups is 3. The molecule has 0 aromatic heterocycles. The Morgan fingerprint density at radius 3 is 2.39 bits per heavy atom. The quantitative estimate of drug-likeness (QED) is 0.648. The Labute approximate surface area is 189 Å². The second-order valence-electron chi connectivity index (χ2n) is 7.61. The van der Waals surface area contributed by atoms with Crippen LogP contribution in [0.3, 0.4) is 0 Å². The van der Waals surface area contributed by atoms with Crippen LogP contribution in [0.1, 0.15) is 31.4 Å². The molecule has 0 bridgehead atoms. The zero-order chi connectivity index (χ0) is 24.3. The molecule has 0 spiro atoms. The van der Waals surface area contributed by atoms with E-state index >= 15 is 0 Å². The Hall–Kier alpha value is -3.62. The number of carbonyl (C=O) groups excluding carboxylic acids is 3. The average molecular weight is 460 g/mol. The summed E-state index contributed by atoms with van der Waals surface area (Å²) in [6.07, 6.45) is -4.92. The van der Waals surface area contributed by atoms with Crippen molar-refractivity contribution in [2.45, 2.75) is 33.4 Å². The van der Waals surface area contributed by atoms with Gasteiger partial charge in [-0.3, -0.25) is 14.5 Å². The van der Waals surface area contributed by atoms with Crippen molar-refractivity contribution >= 4 is 29.2 Å². The van der Waals surface area contributed by atoms with Gasteiger partial charge in [-0.25, -0.2) is 4.79 Å². The maximum absolute atomic E-state index is 13.0. The first-order valence-corrected chi connectivity index (χ1v) is 10.3. The van der Waals surface area contributed by atoms with Gasteiger partial charge in [0.05, 0.1) is 23.7 Å². The normalized spacial score (nSPS) is 16.6. The maximum atomic E-state index is 13.0. The summed E-state index contributed by atoms with van der Waals surface area (Å²) in [6, 6.07) is 11.2. The van der Waals surface area contributed by atoms with E-state index < -0.39 is 35.4 Å². The minimum atomic E-state index is -4.58. The third-order valence-corrected chi connectivity index (χ3v) is 5.26. The van der Waals surface area contributed by atoms with Gasteiger partial charge in [0.15, 0.2) is 0 Å². The van der Waals surface area contributed by atoms with E-state index in [1.165, 1.54) is 17.9 Å². The molecule has 2 aromatic rings. The fraction of sp³-hybridized carbons (Fsp3) is 0.292. The van der Waals surface area contributed by atoms with E-state index in [-0.39, 0.29) is 30.0 Å². The molecule has 9 heteroatoms. The molecule has 174 valence electrons. The smallest absolute Gasteiger partial charge is 0.416 e. The Kier molecular flexibility index (Phi) is 6.90. The summed E-state index contributed by atoms with van der Waals surface area (Å²) in [5.41, 5.74) is 0.710. The van der Waals surface area contributed by atoms with E-state index in [4.69, 9.17) is 4.74 Å². The molecule has 1 heterocycles. The largest absolute Gasteiger partial charge is 0.463 e. The molecule has 6 nitrogen and oxygen atoms in total. The number of nitrogens with one attached hydrogen (secondary N) is 1. The average Bonchev–Trinajstić information content (AvgIpc) is 2.74. The molecule has 3 rings (SSSR count). The number of rotatable bonds is 5. The van der Waals surface area contributed by atoms with Crippen molar-refractivity contribution in [3.63, 3.8) is 0 Å². The third-order valence-electron chi connectivity index (χ3n) is 5.26. The minimum absolute atomic E-state index is 0.0125. The molecule has 1 aliphatic rings. The lowest BCUT2D eigenvalue weighted by Gasteiger charge is -2.33. The van der Waals surface area contributed by atoms with Crippen molar-refractivity contribution in [3.05, 3.63) is 70.9 Å². The van der Waals surface area contributed by atoms with Crippen LogP contribution in [0.2, 0.25) is 0 Å². The van der Waals surface area contributed by atoms with Gasteiger partial charge in [-0.15, -0.1) is 0 Å². The monoisotopic (exact) mass is 460 g/mol. The number of ether oxygens (including phenoxy) is 1. The van der Waals surface area contributed by atoms with Crippen LogP contribution in [0.15, 0.2) is 59.8 Å². The number of esters is 1. The number of anilines is 2. The number of aryl methyl sites for hydroxylation is 1. The summed E-state index contributed by atoms with van der Waals surface area (Å²) in [6.45, 7) is 5.09. The highest BCUT2D eigenvalue weighted by atomic mass is 19.4. The van der Waals surface area contributed by atoms with E-state index in [0.717, 1.165) is 23.8 Å². The first-order chi connectivity index (χ1) is 15.5. The molecule has 0 saturated carbocycles. The summed E-state index contributed by atoms with van der Waals surface area (Å²) >= 11 is 0. The maximum Gasteiger partial charge on any atom is 0.416 e. The molecule has 2 aromatic carbocycles. The van der Waals surface area contributed by atoms with Crippen LogP contribution in [0, 0.1) is 12.8 Å². The van der Waals surface area contributed by atoms with E-state index in [9.17, 15) is 27.6 Å². The Balaban J connectivity index is 1.98.